The van der Waals surface area contributed by atoms with Crippen molar-refractivity contribution in [1.82, 2.24) is 15.5 Å². The van der Waals surface area contributed by atoms with Crippen molar-refractivity contribution >= 4 is 28.9 Å². The normalized spacial score (nSPS) is 18.0. The molecule has 0 saturated carbocycles. The fourth-order valence-electron chi connectivity index (χ4n) is 3.23. The van der Waals surface area contributed by atoms with Crippen molar-refractivity contribution in [2.75, 3.05) is 19.9 Å². The van der Waals surface area contributed by atoms with E-state index in [-0.39, 0.29) is 18.4 Å². The van der Waals surface area contributed by atoms with E-state index in [1.165, 1.54) is 12.1 Å². The molecule has 0 bridgehead atoms. The molecule has 0 aliphatic carbocycles. The van der Waals surface area contributed by atoms with E-state index in [4.69, 9.17) is 21.7 Å². The van der Waals surface area contributed by atoms with Crippen molar-refractivity contribution in [2.45, 2.75) is 26.8 Å². The van der Waals surface area contributed by atoms with Crippen molar-refractivity contribution in [3.05, 3.63) is 39.1 Å². The highest BCUT2D eigenvalue weighted by atomic mass is 32.1. The number of likely N-dealkylation sites (N-methyl/N-ethyl adjacent to an activating group) is 1. The number of hydrogen-bond donors (Lipinski definition) is 2. The van der Waals surface area contributed by atoms with Crippen LogP contribution in [-0.2, 0) is 4.79 Å². The Morgan fingerprint density at radius 3 is 2.56 bits per heavy atom. The largest absolute Gasteiger partial charge is 0.454 e. The Labute approximate surface area is 161 Å². The third-order valence-electron chi connectivity index (χ3n) is 4.58. The zero-order valence-corrected chi connectivity index (χ0v) is 16.0. The summed E-state index contributed by atoms with van der Waals surface area (Å²) in [7, 11) is 0. The quantitative estimate of drug-likeness (QED) is 0.445. The van der Waals surface area contributed by atoms with Gasteiger partial charge in [0.15, 0.2) is 16.6 Å². The molecule has 0 spiro atoms. The van der Waals surface area contributed by atoms with E-state index in [1.54, 1.807) is 11.8 Å². The number of nitrogens with zero attached hydrogens (tertiary/aromatic N) is 2. The molecule has 9 nitrogen and oxygen atoms in total. The minimum atomic E-state index is -0.776. The fourth-order valence-corrected chi connectivity index (χ4v) is 3.50. The predicted molar refractivity (Wildman–Crippen MR) is 101 cm³/mol. The van der Waals surface area contributed by atoms with E-state index in [1.807, 2.05) is 13.8 Å². The Bertz CT molecular complexity index is 850. The first kappa shape index (κ1) is 18.9. The molecule has 0 radical (unpaired) electrons. The lowest BCUT2D eigenvalue weighted by molar-refractivity contribution is -0.385. The summed E-state index contributed by atoms with van der Waals surface area (Å²) in [5, 5.41) is 17.9. The highest BCUT2D eigenvalue weighted by molar-refractivity contribution is 7.80. The lowest BCUT2D eigenvalue weighted by atomic mass is 9.93. The van der Waals surface area contributed by atoms with Crippen LogP contribution < -0.4 is 20.1 Å². The van der Waals surface area contributed by atoms with E-state index in [0.29, 0.717) is 46.5 Å². The Kier molecular flexibility index (Phi) is 5.17. The van der Waals surface area contributed by atoms with Crippen molar-refractivity contribution in [1.29, 1.82) is 0 Å². The molecule has 2 aliphatic rings. The second-order valence-electron chi connectivity index (χ2n) is 6.07. The average molecular weight is 392 g/mol. The summed E-state index contributed by atoms with van der Waals surface area (Å²) in [6, 6.07) is 2.08. The van der Waals surface area contributed by atoms with Gasteiger partial charge in [-0.15, -0.1) is 0 Å². The van der Waals surface area contributed by atoms with Crippen molar-refractivity contribution in [3.8, 4) is 11.5 Å². The molecule has 2 N–H and O–H groups in total. The molecule has 1 aromatic carbocycles. The molecule has 0 fully saturated rings. The molecular formula is C17H20N4O5S. The standard InChI is InChI=1S/C17H20N4O5S/c1-4-20(5-2)16(22)14-9(3)18-17(27)19-15(14)10-6-12-13(26-8-25-12)7-11(10)21(23)24/h6-7,15H,4-5,8H2,1-3H3,(H2,18,19,27)/t15-/m0/s1. The number of carbonyl (C=O) groups excluding carboxylic acids is 1. The Hall–Kier alpha value is -2.88. The topological polar surface area (TPSA) is 106 Å². The third kappa shape index (κ3) is 3.39. The molecule has 0 aromatic heterocycles. The molecule has 3 rings (SSSR count). The van der Waals surface area contributed by atoms with Crippen molar-refractivity contribution < 1.29 is 19.2 Å². The minimum Gasteiger partial charge on any atom is -0.454 e. The van der Waals surface area contributed by atoms with Gasteiger partial charge < -0.3 is 25.0 Å². The number of nitro benzene ring substituents is 1. The van der Waals surface area contributed by atoms with Gasteiger partial charge in [0.1, 0.15) is 0 Å². The molecule has 2 aliphatic heterocycles. The van der Waals surface area contributed by atoms with Crippen LogP contribution >= 0.6 is 12.2 Å². The lowest BCUT2D eigenvalue weighted by Gasteiger charge is -2.32. The zero-order chi connectivity index (χ0) is 19.7. The molecule has 1 atom stereocenters. The maximum Gasteiger partial charge on any atom is 0.279 e. The molecule has 1 amide bonds. The number of ether oxygens (including phenoxy) is 2. The summed E-state index contributed by atoms with van der Waals surface area (Å²) >= 11 is 5.22. The summed E-state index contributed by atoms with van der Waals surface area (Å²) in [6.07, 6.45) is 0. The Morgan fingerprint density at radius 2 is 1.96 bits per heavy atom. The summed E-state index contributed by atoms with van der Waals surface area (Å²) < 4.78 is 10.6. The van der Waals surface area contributed by atoms with Crippen LogP contribution in [0.2, 0.25) is 0 Å². The van der Waals surface area contributed by atoms with E-state index in [0.717, 1.165) is 0 Å². The highest BCUT2D eigenvalue weighted by Gasteiger charge is 2.37. The van der Waals surface area contributed by atoms with Gasteiger partial charge in [-0.1, -0.05) is 0 Å². The maximum atomic E-state index is 13.1. The first-order chi connectivity index (χ1) is 12.9. The number of hydrogen-bond acceptors (Lipinski definition) is 6. The molecule has 2 heterocycles. The van der Waals surface area contributed by atoms with Gasteiger partial charge in [0.05, 0.1) is 28.2 Å². The van der Waals surface area contributed by atoms with E-state index in [2.05, 4.69) is 10.6 Å². The van der Waals surface area contributed by atoms with E-state index < -0.39 is 11.0 Å². The molecule has 144 valence electrons. The Balaban J connectivity index is 2.16. The number of rotatable bonds is 5. The minimum absolute atomic E-state index is 0.00585. The van der Waals surface area contributed by atoms with Crippen LogP contribution in [0.3, 0.4) is 0 Å². The van der Waals surface area contributed by atoms with E-state index in [9.17, 15) is 14.9 Å². The molecule has 10 heteroatoms. The summed E-state index contributed by atoms with van der Waals surface area (Å²) in [5.74, 6) is 0.491. The van der Waals surface area contributed by atoms with Crippen molar-refractivity contribution in [3.63, 3.8) is 0 Å². The fraction of sp³-hybridized carbons (Fsp3) is 0.412. The number of benzene rings is 1. The number of nitro groups is 1. The summed E-state index contributed by atoms with van der Waals surface area (Å²) in [5.41, 5.74) is 1.07. The second-order valence-corrected chi connectivity index (χ2v) is 6.48. The van der Waals surface area contributed by atoms with Gasteiger partial charge in [0.2, 0.25) is 6.79 Å². The van der Waals surface area contributed by atoms with Gasteiger partial charge in [0, 0.05) is 18.8 Å². The van der Waals surface area contributed by atoms with Gasteiger partial charge in [-0.3, -0.25) is 14.9 Å². The number of amides is 1. The van der Waals surface area contributed by atoms with Gasteiger partial charge in [-0.25, -0.2) is 0 Å². The van der Waals surface area contributed by atoms with Crippen molar-refractivity contribution in [2.24, 2.45) is 0 Å². The second kappa shape index (κ2) is 7.39. The monoisotopic (exact) mass is 392 g/mol. The molecule has 0 unspecified atom stereocenters. The number of thiocarbonyl (C=S) groups is 1. The predicted octanol–water partition coefficient (Wildman–Crippen LogP) is 1.98. The SMILES string of the molecule is CCN(CC)C(=O)C1=C(C)NC(=S)N[C@H]1c1cc2c(cc1[N+](=O)[O-])OCO2. The van der Waals surface area contributed by atoms with Crippen LogP contribution in [0.1, 0.15) is 32.4 Å². The van der Waals surface area contributed by atoms with E-state index >= 15 is 0 Å². The van der Waals surface area contributed by atoms with Gasteiger partial charge >= 0.3 is 0 Å². The number of allylic oxidation sites excluding steroid dienone is 1. The zero-order valence-electron chi connectivity index (χ0n) is 15.2. The van der Waals surface area contributed by atoms with Gasteiger partial charge in [-0.05, 0) is 39.1 Å². The Morgan fingerprint density at radius 1 is 1.33 bits per heavy atom. The average Bonchev–Trinajstić information content (AvgIpc) is 3.08. The van der Waals surface area contributed by atoms with Crippen LogP contribution in [0, 0.1) is 10.1 Å². The summed E-state index contributed by atoms with van der Waals surface area (Å²) in [6.45, 7) is 6.52. The molecule has 27 heavy (non-hydrogen) atoms. The molecular weight excluding hydrogens is 372 g/mol. The first-order valence-corrected chi connectivity index (χ1v) is 8.93. The van der Waals surface area contributed by atoms with Crippen LogP contribution in [0.5, 0.6) is 11.5 Å². The molecule has 1 aromatic rings. The van der Waals surface area contributed by atoms with Crippen LogP contribution in [0.25, 0.3) is 0 Å². The van der Waals surface area contributed by atoms with Crippen LogP contribution in [0.4, 0.5) is 5.69 Å². The highest BCUT2D eigenvalue weighted by Crippen LogP contribution is 2.42. The lowest BCUT2D eigenvalue weighted by Crippen LogP contribution is -2.47. The smallest absolute Gasteiger partial charge is 0.279 e. The maximum absolute atomic E-state index is 13.1. The van der Waals surface area contributed by atoms with Crippen LogP contribution in [0.15, 0.2) is 23.4 Å². The van der Waals surface area contributed by atoms with Gasteiger partial charge in [-0.2, -0.15) is 0 Å². The number of nitrogens with one attached hydrogen (secondary N) is 2. The summed E-state index contributed by atoms with van der Waals surface area (Å²) in [4.78, 5) is 25.9. The molecule has 0 saturated heterocycles. The van der Waals surface area contributed by atoms with Crippen LogP contribution in [-0.4, -0.2) is 40.7 Å². The third-order valence-corrected chi connectivity index (χ3v) is 4.80. The number of carbonyl (C=O) groups is 1. The van der Waals surface area contributed by atoms with Gasteiger partial charge in [0.25, 0.3) is 11.6 Å². The first-order valence-electron chi connectivity index (χ1n) is 8.52. The number of fused-ring (bicyclic) bond motifs is 1.